The SMILES string of the molecule is CC(c1cccnc1)N1CCCC(CNC(=O)C2CCCN2)C1.Cl.Cl. The van der Waals surface area contributed by atoms with Gasteiger partial charge in [0.15, 0.2) is 0 Å². The third-order valence-corrected chi connectivity index (χ3v) is 5.21. The quantitative estimate of drug-likeness (QED) is 0.813. The molecule has 1 amide bonds. The lowest BCUT2D eigenvalue weighted by Gasteiger charge is -2.37. The molecular formula is C18H30Cl2N4O. The molecule has 0 spiro atoms. The first kappa shape index (κ1) is 22.2. The summed E-state index contributed by atoms with van der Waals surface area (Å²) in [7, 11) is 0. The summed E-state index contributed by atoms with van der Waals surface area (Å²) >= 11 is 0. The highest BCUT2D eigenvalue weighted by Gasteiger charge is 2.26. The van der Waals surface area contributed by atoms with Crippen LogP contribution in [0.15, 0.2) is 24.5 Å². The lowest BCUT2D eigenvalue weighted by atomic mass is 9.95. The molecule has 0 radical (unpaired) electrons. The van der Waals surface area contributed by atoms with Crippen molar-refractivity contribution in [2.75, 3.05) is 26.2 Å². The normalized spacial score (nSPS) is 24.7. The number of hydrogen-bond acceptors (Lipinski definition) is 4. The van der Waals surface area contributed by atoms with E-state index in [9.17, 15) is 4.79 Å². The van der Waals surface area contributed by atoms with E-state index >= 15 is 0 Å². The Balaban J connectivity index is 0.00000156. The van der Waals surface area contributed by atoms with Gasteiger partial charge < -0.3 is 10.6 Å². The second-order valence-electron chi connectivity index (χ2n) is 6.86. The molecule has 1 aromatic rings. The van der Waals surface area contributed by atoms with Crippen molar-refractivity contribution >= 4 is 30.7 Å². The van der Waals surface area contributed by atoms with E-state index < -0.39 is 0 Å². The van der Waals surface area contributed by atoms with Crippen molar-refractivity contribution in [2.24, 2.45) is 5.92 Å². The molecule has 142 valence electrons. The number of nitrogens with one attached hydrogen (secondary N) is 2. The maximum atomic E-state index is 12.1. The standard InChI is InChI=1S/C18H28N4O.2ClH/c1-14(16-6-2-8-19-12-16)22-10-4-5-15(13-22)11-21-18(23)17-7-3-9-20-17;;/h2,6,8,12,14-15,17,20H,3-5,7,9-11,13H2,1H3,(H,21,23);2*1H. The first-order valence-corrected chi connectivity index (χ1v) is 8.89. The van der Waals surface area contributed by atoms with E-state index in [0.717, 1.165) is 39.0 Å². The summed E-state index contributed by atoms with van der Waals surface area (Å²) < 4.78 is 0. The lowest BCUT2D eigenvalue weighted by molar-refractivity contribution is -0.123. The summed E-state index contributed by atoms with van der Waals surface area (Å²) in [5.41, 5.74) is 1.27. The summed E-state index contributed by atoms with van der Waals surface area (Å²) in [6.45, 7) is 6.20. The van der Waals surface area contributed by atoms with Crippen LogP contribution in [-0.2, 0) is 4.79 Å². The molecular weight excluding hydrogens is 359 g/mol. The number of hydrogen-bond donors (Lipinski definition) is 2. The fraction of sp³-hybridized carbons (Fsp3) is 0.667. The minimum absolute atomic E-state index is 0. The highest BCUT2D eigenvalue weighted by molar-refractivity contribution is 5.85. The second-order valence-corrected chi connectivity index (χ2v) is 6.86. The summed E-state index contributed by atoms with van der Waals surface area (Å²) in [4.78, 5) is 18.9. The molecule has 5 nitrogen and oxygen atoms in total. The maximum Gasteiger partial charge on any atom is 0.237 e. The zero-order valence-corrected chi connectivity index (χ0v) is 16.5. The van der Waals surface area contributed by atoms with Crippen molar-refractivity contribution in [1.82, 2.24) is 20.5 Å². The molecule has 2 fully saturated rings. The van der Waals surface area contributed by atoms with Crippen molar-refractivity contribution in [1.29, 1.82) is 0 Å². The fourth-order valence-electron chi connectivity index (χ4n) is 3.73. The van der Waals surface area contributed by atoms with Crippen LogP contribution in [0.25, 0.3) is 0 Å². The number of nitrogens with zero attached hydrogens (tertiary/aromatic N) is 2. The van der Waals surface area contributed by atoms with Crippen LogP contribution in [-0.4, -0.2) is 48.0 Å². The number of rotatable bonds is 5. The van der Waals surface area contributed by atoms with Gasteiger partial charge in [-0.3, -0.25) is 14.7 Å². The van der Waals surface area contributed by atoms with E-state index in [1.807, 2.05) is 18.5 Å². The van der Waals surface area contributed by atoms with Crippen molar-refractivity contribution in [3.63, 3.8) is 0 Å². The fourth-order valence-corrected chi connectivity index (χ4v) is 3.73. The van der Waals surface area contributed by atoms with Crippen LogP contribution in [0.3, 0.4) is 0 Å². The number of carbonyl (C=O) groups excluding carboxylic acids is 1. The van der Waals surface area contributed by atoms with Gasteiger partial charge in [-0.15, -0.1) is 24.8 Å². The average molecular weight is 389 g/mol. The number of piperidine rings is 1. The minimum atomic E-state index is 0. The predicted octanol–water partition coefficient (Wildman–Crippen LogP) is 2.57. The smallest absolute Gasteiger partial charge is 0.237 e. The Hall–Kier alpha value is -0.880. The molecule has 2 aliphatic heterocycles. The van der Waals surface area contributed by atoms with Crippen LogP contribution in [0.4, 0.5) is 0 Å². The first-order valence-electron chi connectivity index (χ1n) is 8.89. The van der Waals surface area contributed by atoms with Gasteiger partial charge in [0.25, 0.3) is 0 Å². The summed E-state index contributed by atoms with van der Waals surface area (Å²) in [6.07, 6.45) is 8.27. The van der Waals surface area contributed by atoms with Gasteiger partial charge in [0, 0.05) is 31.5 Å². The van der Waals surface area contributed by atoms with Gasteiger partial charge in [-0.2, -0.15) is 0 Å². The zero-order chi connectivity index (χ0) is 16.1. The summed E-state index contributed by atoms with van der Waals surface area (Å²) in [5.74, 6) is 0.730. The Bertz CT molecular complexity index is 511. The molecule has 25 heavy (non-hydrogen) atoms. The molecule has 1 aromatic heterocycles. The number of amides is 1. The van der Waals surface area contributed by atoms with Crippen LogP contribution in [0.2, 0.25) is 0 Å². The van der Waals surface area contributed by atoms with E-state index in [1.54, 1.807) is 0 Å². The van der Waals surface area contributed by atoms with Gasteiger partial charge in [-0.25, -0.2) is 0 Å². The van der Waals surface area contributed by atoms with Crippen molar-refractivity contribution in [2.45, 2.75) is 44.7 Å². The molecule has 2 saturated heterocycles. The van der Waals surface area contributed by atoms with Crippen molar-refractivity contribution < 1.29 is 4.79 Å². The Morgan fingerprint density at radius 1 is 1.40 bits per heavy atom. The Kier molecular flexibility index (Phi) is 9.72. The number of pyridine rings is 1. The monoisotopic (exact) mass is 388 g/mol. The van der Waals surface area contributed by atoms with Gasteiger partial charge in [0.1, 0.15) is 0 Å². The van der Waals surface area contributed by atoms with E-state index in [0.29, 0.717) is 12.0 Å². The molecule has 2 N–H and O–H groups in total. The third-order valence-electron chi connectivity index (χ3n) is 5.21. The highest BCUT2D eigenvalue weighted by atomic mass is 35.5. The van der Waals surface area contributed by atoms with Gasteiger partial charge in [0.2, 0.25) is 5.91 Å². The summed E-state index contributed by atoms with van der Waals surface area (Å²) in [5, 5.41) is 6.42. The number of aromatic nitrogens is 1. The molecule has 7 heteroatoms. The predicted molar refractivity (Wildman–Crippen MR) is 105 cm³/mol. The number of carbonyl (C=O) groups is 1. The van der Waals surface area contributed by atoms with Gasteiger partial charge in [0.05, 0.1) is 6.04 Å². The largest absolute Gasteiger partial charge is 0.354 e. The summed E-state index contributed by atoms with van der Waals surface area (Å²) in [6, 6.07) is 4.57. The second kappa shape index (κ2) is 11.0. The van der Waals surface area contributed by atoms with Gasteiger partial charge in [-0.05, 0) is 63.2 Å². The van der Waals surface area contributed by atoms with Crippen molar-refractivity contribution in [3.8, 4) is 0 Å². The van der Waals surface area contributed by atoms with Gasteiger partial charge in [-0.1, -0.05) is 6.07 Å². The topological polar surface area (TPSA) is 57.3 Å². The molecule has 2 aliphatic rings. The van der Waals surface area contributed by atoms with Crippen LogP contribution in [0.5, 0.6) is 0 Å². The molecule has 0 aromatic carbocycles. The average Bonchev–Trinajstić information content (AvgIpc) is 3.15. The molecule has 3 heterocycles. The Labute approximate surface area is 163 Å². The van der Waals surface area contributed by atoms with E-state index in [1.165, 1.54) is 18.4 Å². The van der Waals surface area contributed by atoms with Crippen molar-refractivity contribution in [3.05, 3.63) is 30.1 Å². The lowest BCUT2D eigenvalue weighted by Crippen LogP contribution is -2.45. The van der Waals surface area contributed by atoms with E-state index in [-0.39, 0.29) is 36.8 Å². The minimum Gasteiger partial charge on any atom is -0.354 e. The molecule has 3 unspecified atom stereocenters. The number of halogens is 2. The maximum absolute atomic E-state index is 12.1. The molecule has 3 rings (SSSR count). The molecule has 0 aliphatic carbocycles. The molecule has 0 bridgehead atoms. The van der Waals surface area contributed by atoms with Crippen LogP contribution >= 0.6 is 24.8 Å². The molecule has 3 atom stereocenters. The van der Waals surface area contributed by atoms with Gasteiger partial charge >= 0.3 is 0 Å². The highest BCUT2D eigenvalue weighted by Crippen LogP contribution is 2.25. The molecule has 0 saturated carbocycles. The van der Waals surface area contributed by atoms with Crippen LogP contribution < -0.4 is 10.6 Å². The van der Waals surface area contributed by atoms with Crippen LogP contribution in [0, 0.1) is 5.92 Å². The van der Waals surface area contributed by atoms with E-state index in [4.69, 9.17) is 0 Å². The van der Waals surface area contributed by atoms with Crippen LogP contribution in [0.1, 0.15) is 44.2 Å². The first-order chi connectivity index (χ1) is 11.2. The Morgan fingerprint density at radius 3 is 2.92 bits per heavy atom. The zero-order valence-electron chi connectivity index (χ0n) is 14.8. The number of likely N-dealkylation sites (tertiary alicyclic amines) is 1. The Morgan fingerprint density at radius 2 is 2.24 bits per heavy atom. The van der Waals surface area contributed by atoms with E-state index in [2.05, 4.69) is 33.5 Å². The third kappa shape index (κ3) is 6.10.